The van der Waals surface area contributed by atoms with E-state index >= 15 is 0 Å². The number of hydrogen-bond acceptors (Lipinski definition) is 5. The van der Waals surface area contributed by atoms with Crippen molar-refractivity contribution in [2.75, 3.05) is 11.1 Å². The molecule has 0 aliphatic heterocycles. The lowest BCUT2D eigenvalue weighted by molar-refractivity contribution is 1.00. The normalized spacial score (nSPS) is 10.6. The maximum atomic E-state index is 12.0. The Morgan fingerprint density at radius 2 is 2.15 bits per heavy atom. The molecule has 0 bridgehead atoms. The number of aromatic nitrogens is 3. The molecule has 2 heterocycles. The highest BCUT2D eigenvalue weighted by Gasteiger charge is 2.04. The third-order valence-electron chi connectivity index (χ3n) is 2.89. The Morgan fingerprint density at radius 3 is 2.95 bits per heavy atom. The lowest BCUT2D eigenvalue weighted by Crippen LogP contribution is -2.13. The second-order valence-electron chi connectivity index (χ2n) is 4.37. The second-order valence-corrected chi connectivity index (χ2v) is 4.37. The molecular weight excluding hydrogens is 254 g/mol. The number of hydrogen-bond donors (Lipinski definition) is 3. The molecule has 3 aromatic rings. The highest BCUT2D eigenvalue weighted by Crippen LogP contribution is 2.13. The standard InChI is InChI=1S/C14H13N5O/c15-9-4-5-12-11(7-9)13(20)19-14(18-12)17-8-10-3-1-2-6-16-10/h1-7H,8,15H2,(H2,17,18,19,20). The Bertz CT molecular complexity index is 798. The topological polar surface area (TPSA) is 96.7 Å². The number of rotatable bonds is 3. The largest absolute Gasteiger partial charge is 0.399 e. The van der Waals surface area contributed by atoms with Crippen LogP contribution in [0.2, 0.25) is 0 Å². The molecule has 0 atom stereocenters. The molecule has 0 saturated carbocycles. The van der Waals surface area contributed by atoms with Crippen molar-refractivity contribution in [1.82, 2.24) is 15.0 Å². The minimum Gasteiger partial charge on any atom is -0.399 e. The zero-order chi connectivity index (χ0) is 13.9. The van der Waals surface area contributed by atoms with Crippen LogP contribution < -0.4 is 16.6 Å². The monoisotopic (exact) mass is 267 g/mol. The number of H-pyrrole nitrogens is 1. The molecule has 0 spiro atoms. The predicted molar refractivity (Wildman–Crippen MR) is 78.3 cm³/mol. The van der Waals surface area contributed by atoms with Gasteiger partial charge in [-0.2, -0.15) is 0 Å². The van der Waals surface area contributed by atoms with E-state index in [9.17, 15) is 4.79 Å². The summed E-state index contributed by atoms with van der Waals surface area (Å²) >= 11 is 0. The molecule has 0 fully saturated rings. The summed E-state index contributed by atoms with van der Waals surface area (Å²) in [4.78, 5) is 23.2. The summed E-state index contributed by atoms with van der Waals surface area (Å²) in [6.07, 6.45) is 1.72. The molecule has 0 amide bonds. The smallest absolute Gasteiger partial charge is 0.260 e. The zero-order valence-corrected chi connectivity index (χ0v) is 10.6. The van der Waals surface area contributed by atoms with Crippen molar-refractivity contribution in [2.24, 2.45) is 0 Å². The number of nitrogens with two attached hydrogens (primary N) is 1. The summed E-state index contributed by atoms with van der Waals surface area (Å²) in [6, 6.07) is 10.7. The minimum absolute atomic E-state index is 0.217. The zero-order valence-electron chi connectivity index (χ0n) is 10.6. The SMILES string of the molecule is Nc1ccc2nc(NCc3ccccn3)[nH]c(=O)c2c1. The van der Waals surface area contributed by atoms with Crippen molar-refractivity contribution in [3.8, 4) is 0 Å². The van der Waals surface area contributed by atoms with Gasteiger partial charge >= 0.3 is 0 Å². The third kappa shape index (κ3) is 2.44. The lowest BCUT2D eigenvalue weighted by Gasteiger charge is -2.06. The molecule has 1 aromatic carbocycles. The molecule has 6 heteroatoms. The molecule has 0 radical (unpaired) electrons. The van der Waals surface area contributed by atoms with Crippen molar-refractivity contribution >= 4 is 22.5 Å². The number of nitrogens with zero attached hydrogens (tertiary/aromatic N) is 2. The third-order valence-corrected chi connectivity index (χ3v) is 2.89. The number of anilines is 2. The van der Waals surface area contributed by atoms with Crippen molar-refractivity contribution in [1.29, 1.82) is 0 Å². The summed E-state index contributed by atoms with van der Waals surface area (Å²) in [7, 11) is 0. The van der Waals surface area contributed by atoms with Gasteiger partial charge in [-0.1, -0.05) is 6.07 Å². The van der Waals surface area contributed by atoms with Gasteiger partial charge < -0.3 is 11.1 Å². The van der Waals surface area contributed by atoms with Crippen molar-refractivity contribution in [3.63, 3.8) is 0 Å². The fraction of sp³-hybridized carbons (Fsp3) is 0.0714. The van der Waals surface area contributed by atoms with Gasteiger partial charge in [-0.05, 0) is 30.3 Å². The number of pyridine rings is 1. The van der Waals surface area contributed by atoms with Crippen LogP contribution in [0.3, 0.4) is 0 Å². The fourth-order valence-corrected chi connectivity index (χ4v) is 1.92. The van der Waals surface area contributed by atoms with Gasteiger partial charge in [-0.15, -0.1) is 0 Å². The highest BCUT2D eigenvalue weighted by molar-refractivity contribution is 5.81. The minimum atomic E-state index is -0.217. The number of benzene rings is 1. The van der Waals surface area contributed by atoms with E-state index in [0.717, 1.165) is 5.69 Å². The van der Waals surface area contributed by atoms with E-state index in [1.54, 1.807) is 24.4 Å². The van der Waals surface area contributed by atoms with E-state index in [-0.39, 0.29) is 5.56 Å². The van der Waals surface area contributed by atoms with Crippen LogP contribution in [-0.4, -0.2) is 15.0 Å². The van der Waals surface area contributed by atoms with Crippen LogP contribution in [0.15, 0.2) is 47.4 Å². The Labute approximate surface area is 114 Å². The van der Waals surface area contributed by atoms with Crippen molar-refractivity contribution in [3.05, 3.63) is 58.6 Å². The molecule has 0 saturated heterocycles. The summed E-state index contributed by atoms with van der Waals surface area (Å²) in [5, 5.41) is 3.53. The van der Waals surface area contributed by atoms with Crippen molar-refractivity contribution in [2.45, 2.75) is 6.54 Å². The number of nitrogen functional groups attached to an aromatic ring is 1. The van der Waals surface area contributed by atoms with Crippen molar-refractivity contribution < 1.29 is 0 Å². The van der Waals surface area contributed by atoms with E-state index in [4.69, 9.17) is 5.73 Å². The van der Waals surface area contributed by atoms with Crippen LogP contribution in [0.5, 0.6) is 0 Å². The quantitative estimate of drug-likeness (QED) is 0.625. The molecule has 100 valence electrons. The maximum Gasteiger partial charge on any atom is 0.260 e. The number of fused-ring (bicyclic) bond motifs is 1. The average Bonchev–Trinajstić information content (AvgIpc) is 2.47. The van der Waals surface area contributed by atoms with E-state index in [0.29, 0.717) is 29.1 Å². The molecule has 4 N–H and O–H groups in total. The van der Waals surface area contributed by atoms with E-state index in [1.807, 2.05) is 18.2 Å². The molecule has 3 rings (SSSR count). The summed E-state index contributed by atoms with van der Waals surface area (Å²) in [5.74, 6) is 0.415. The number of aromatic amines is 1. The number of nitrogens with one attached hydrogen (secondary N) is 2. The van der Waals surface area contributed by atoms with E-state index < -0.39 is 0 Å². The molecule has 0 aliphatic rings. The van der Waals surface area contributed by atoms with Crippen LogP contribution in [0.4, 0.5) is 11.6 Å². The average molecular weight is 267 g/mol. The van der Waals surface area contributed by atoms with Gasteiger partial charge in [0.15, 0.2) is 0 Å². The molecule has 0 aliphatic carbocycles. The van der Waals surface area contributed by atoms with Crippen LogP contribution in [0, 0.1) is 0 Å². The van der Waals surface area contributed by atoms with Crippen LogP contribution in [0.1, 0.15) is 5.69 Å². The van der Waals surface area contributed by atoms with Gasteiger partial charge in [0.05, 0.1) is 23.1 Å². The lowest BCUT2D eigenvalue weighted by atomic mass is 10.2. The maximum absolute atomic E-state index is 12.0. The molecule has 2 aromatic heterocycles. The summed E-state index contributed by atoms with van der Waals surface area (Å²) in [5.41, 5.74) is 7.46. The van der Waals surface area contributed by atoms with Gasteiger partial charge in [0, 0.05) is 11.9 Å². The van der Waals surface area contributed by atoms with E-state index in [1.165, 1.54) is 0 Å². The van der Waals surface area contributed by atoms with Gasteiger partial charge in [-0.3, -0.25) is 14.8 Å². The molecular formula is C14H13N5O. The highest BCUT2D eigenvalue weighted by atomic mass is 16.1. The van der Waals surface area contributed by atoms with Crippen LogP contribution in [-0.2, 0) is 6.54 Å². The summed E-state index contributed by atoms with van der Waals surface area (Å²) in [6.45, 7) is 0.490. The van der Waals surface area contributed by atoms with Gasteiger partial charge in [0.25, 0.3) is 5.56 Å². The Morgan fingerprint density at radius 1 is 1.25 bits per heavy atom. The molecule has 20 heavy (non-hydrogen) atoms. The fourth-order valence-electron chi connectivity index (χ4n) is 1.92. The van der Waals surface area contributed by atoms with Gasteiger partial charge in [0.1, 0.15) is 0 Å². The predicted octanol–water partition coefficient (Wildman–Crippen LogP) is 1.51. The first-order valence-electron chi connectivity index (χ1n) is 6.16. The van der Waals surface area contributed by atoms with Crippen LogP contribution >= 0.6 is 0 Å². The van der Waals surface area contributed by atoms with Crippen LogP contribution in [0.25, 0.3) is 10.9 Å². The molecule has 0 unspecified atom stereocenters. The first-order chi connectivity index (χ1) is 9.72. The molecule has 6 nitrogen and oxygen atoms in total. The van der Waals surface area contributed by atoms with Gasteiger partial charge in [0.2, 0.25) is 5.95 Å². The Balaban J connectivity index is 1.89. The first-order valence-corrected chi connectivity index (χ1v) is 6.16. The Hall–Kier alpha value is -2.89. The van der Waals surface area contributed by atoms with E-state index in [2.05, 4.69) is 20.3 Å². The summed E-state index contributed by atoms with van der Waals surface area (Å²) < 4.78 is 0. The first kappa shape index (κ1) is 12.2. The Kier molecular flexibility index (Phi) is 3.04. The van der Waals surface area contributed by atoms with Gasteiger partial charge in [-0.25, -0.2) is 4.98 Å². The second kappa shape index (κ2) is 5.00.